The van der Waals surface area contributed by atoms with Crippen molar-refractivity contribution < 1.29 is 13.2 Å². The molecule has 0 atom stereocenters. The molecule has 0 saturated heterocycles. The lowest BCUT2D eigenvalue weighted by Crippen LogP contribution is -2.24. The summed E-state index contributed by atoms with van der Waals surface area (Å²) in [5, 5.41) is 4.36. The first-order valence-corrected chi connectivity index (χ1v) is 9.47. The molecule has 0 fully saturated rings. The van der Waals surface area contributed by atoms with E-state index in [1.54, 1.807) is 44.1 Å². The van der Waals surface area contributed by atoms with Crippen LogP contribution in [0.25, 0.3) is 11.4 Å². The van der Waals surface area contributed by atoms with Gasteiger partial charge in [0.1, 0.15) is 5.75 Å². The van der Waals surface area contributed by atoms with Crippen LogP contribution in [0.3, 0.4) is 0 Å². The van der Waals surface area contributed by atoms with Crippen molar-refractivity contribution >= 4 is 10.0 Å². The van der Waals surface area contributed by atoms with Crippen molar-refractivity contribution in [1.82, 2.24) is 19.5 Å². The summed E-state index contributed by atoms with van der Waals surface area (Å²) in [4.78, 5) is 4.52. The van der Waals surface area contributed by atoms with Crippen molar-refractivity contribution in [1.29, 1.82) is 0 Å². The number of aromatic nitrogens is 3. The number of pyridine rings is 1. The molecular weight excluding hydrogens is 352 g/mol. The fourth-order valence-electron chi connectivity index (χ4n) is 2.66. The summed E-state index contributed by atoms with van der Waals surface area (Å²) in [6.45, 7) is 1.82. The van der Waals surface area contributed by atoms with Crippen LogP contribution >= 0.6 is 0 Å². The molecule has 7 nitrogen and oxygen atoms in total. The minimum atomic E-state index is -3.65. The second-order valence-corrected chi connectivity index (χ2v) is 7.55. The fourth-order valence-corrected chi connectivity index (χ4v) is 3.89. The molecule has 2 heterocycles. The SMILES string of the molecule is COc1ccc(S(=O)(=O)NCc2cc(-c3ccccn3)n(C)n2)c(C)c1. The Morgan fingerprint density at radius 1 is 1.19 bits per heavy atom. The third-order valence-corrected chi connectivity index (χ3v) is 5.53. The lowest BCUT2D eigenvalue weighted by Gasteiger charge is -2.09. The molecule has 0 aliphatic carbocycles. The molecule has 0 aliphatic rings. The Bertz CT molecular complexity index is 1010. The molecule has 0 amide bonds. The number of methoxy groups -OCH3 is 1. The largest absolute Gasteiger partial charge is 0.497 e. The third kappa shape index (κ3) is 3.76. The van der Waals surface area contributed by atoms with Gasteiger partial charge in [-0.2, -0.15) is 5.10 Å². The van der Waals surface area contributed by atoms with Crippen LogP contribution < -0.4 is 9.46 Å². The quantitative estimate of drug-likeness (QED) is 0.717. The minimum Gasteiger partial charge on any atom is -0.497 e. The van der Waals surface area contributed by atoms with Crippen molar-refractivity contribution in [3.63, 3.8) is 0 Å². The first-order chi connectivity index (χ1) is 12.4. The van der Waals surface area contributed by atoms with Gasteiger partial charge in [0.25, 0.3) is 0 Å². The van der Waals surface area contributed by atoms with Crippen molar-refractivity contribution in [2.45, 2.75) is 18.4 Å². The van der Waals surface area contributed by atoms with Gasteiger partial charge >= 0.3 is 0 Å². The molecule has 26 heavy (non-hydrogen) atoms. The number of hydrogen-bond donors (Lipinski definition) is 1. The summed E-state index contributed by atoms with van der Waals surface area (Å²) in [6, 6.07) is 12.3. The average Bonchev–Trinajstić information content (AvgIpc) is 3.01. The molecule has 136 valence electrons. The van der Waals surface area contributed by atoms with E-state index in [1.807, 2.05) is 24.3 Å². The number of sulfonamides is 1. The van der Waals surface area contributed by atoms with E-state index >= 15 is 0 Å². The van der Waals surface area contributed by atoms with E-state index < -0.39 is 10.0 Å². The highest BCUT2D eigenvalue weighted by atomic mass is 32.2. The molecule has 0 aliphatic heterocycles. The van der Waals surface area contributed by atoms with Crippen LogP contribution in [0.1, 0.15) is 11.3 Å². The Balaban J connectivity index is 1.79. The Labute approximate surface area is 152 Å². The number of rotatable bonds is 6. The predicted molar refractivity (Wildman–Crippen MR) is 98.2 cm³/mol. The first kappa shape index (κ1) is 18.1. The molecule has 1 aromatic carbocycles. The van der Waals surface area contributed by atoms with Crippen LogP contribution in [0, 0.1) is 6.92 Å². The Morgan fingerprint density at radius 2 is 2.00 bits per heavy atom. The number of ether oxygens (including phenoxy) is 1. The number of aryl methyl sites for hydroxylation is 2. The van der Waals surface area contributed by atoms with Gasteiger partial charge in [-0.15, -0.1) is 0 Å². The summed E-state index contributed by atoms with van der Waals surface area (Å²) in [5.41, 5.74) is 2.83. The lowest BCUT2D eigenvalue weighted by atomic mass is 10.2. The summed E-state index contributed by atoms with van der Waals surface area (Å²) < 4.78 is 34.6. The van der Waals surface area contributed by atoms with E-state index in [2.05, 4.69) is 14.8 Å². The zero-order chi connectivity index (χ0) is 18.7. The Kier molecular flexibility index (Phi) is 5.06. The van der Waals surface area contributed by atoms with Crippen LogP contribution in [0.5, 0.6) is 5.75 Å². The standard InChI is InChI=1S/C18H20N4O3S/c1-13-10-15(25-3)7-8-18(13)26(23,24)20-12-14-11-17(22(2)21-14)16-6-4-5-9-19-16/h4-11,20H,12H2,1-3H3. The smallest absolute Gasteiger partial charge is 0.241 e. The second-order valence-electron chi connectivity index (χ2n) is 5.82. The van der Waals surface area contributed by atoms with E-state index in [4.69, 9.17) is 4.74 Å². The number of nitrogens with zero attached hydrogens (tertiary/aromatic N) is 3. The Morgan fingerprint density at radius 3 is 2.65 bits per heavy atom. The highest BCUT2D eigenvalue weighted by molar-refractivity contribution is 7.89. The van der Waals surface area contributed by atoms with E-state index in [1.165, 1.54) is 6.07 Å². The average molecular weight is 372 g/mol. The zero-order valence-corrected chi connectivity index (χ0v) is 15.6. The fraction of sp³-hybridized carbons (Fsp3) is 0.222. The number of nitrogens with one attached hydrogen (secondary N) is 1. The van der Waals surface area contributed by atoms with Crippen LogP contribution in [0.2, 0.25) is 0 Å². The van der Waals surface area contributed by atoms with Gasteiger partial charge in [0, 0.05) is 13.2 Å². The molecule has 0 bridgehead atoms. The minimum absolute atomic E-state index is 0.0917. The van der Waals surface area contributed by atoms with Crippen LogP contribution in [0.4, 0.5) is 0 Å². The molecule has 2 aromatic heterocycles. The maximum Gasteiger partial charge on any atom is 0.241 e. The van der Waals surface area contributed by atoms with Gasteiger partial charge in [-0.05, 0) is 48.9 Å². The van der Waals surface area contributed by atoms with E-state index in [0.29, 0.717) is 17.0 Å². The van der Waals surface area contributed by atoms with E-state index in [0.717, 1.165) is 11.4 Å². The van der Waals surface area contributed by atoms with Gasteiger partial charge in [-0.3, -0.25) is 9.67 Å². The molecule has 0 radical (unpaired) electrons. The highest BCUT2D eigenvalue weighted by Gasteiger charge is 2.18. The predicted octanol–water partition coefficient (Wildman–Crippen LogP) is 2.28. The molecule has 1 N–H and O–H groups in total. The lowest BCUT2D eigenvalue weighted by molar-refractivity contribution is 0.414. The van der Waals surface area contributed by atoms with Crippen LogP contribution in [0.15, 0.2) is 53.6 Å². The number of benzene rings is 1. The normalized spacial score (nSPS) is 11.5. The zero-order valence-electron chi connectivity index (χ0n) is 14.8. The highest BCUT2D eigenvalue weighted by Crippen LogP contribution is 2.21. The molecule has 0 spiro atoms. The van der Waals surface area contributed by atoms with Gasteiger partial charge in [0.05, 0.1) is 35.6 Å². The molecule has 0 unspecified atom stereocenters. The van der Waals surface area contributed by atoms with E-state index in [-0.39, 0.29) is 11.4 Å². The van der Waals surface area contributed by atoms with Crippen molar-refractivity contribution in [3.8, 4) is 17.1 Å². The van der Waals surface area contributed by atoms with Gasteiger partial charge in [0.15, 0.2) is 0 Å². The second kappa shape index (κ2) is 7.27. The van der Waals surface area contributed by atoms with Gasteiger partial charge in [0.2, 0.25) is 10.0 Å². The van der Waals surface area contributed by atoms with E-state index in [9.17, 15) is 8.42 Å². The maximum atomic E-state index is 12.6. The van der Waals surface area contributed by atoms with Crippen LogP contribution in [-0.4, -0.2) is 30.3 Å². The molecule has 0 saturated carbocycles. The maximum absolute atomic E-state index is 12.6. The monoisotopic (exact) mass is 372 g/mol. The summed E-state index contributed by atoms with van der Waals surface area (Å²) in [5.74, 6) is 0.617. The first-order valence-electron chi connectivity index (χ1n) is 7.99. The summed E-state index contributed by atoms with van der Waals surface area (Å²) >= 11 is 0. The summed E-state index contributed by atoms with van der Waals surface area (Å²) in [6.07, 6.45) is 1.71. The molecule has 3 rings (SSSR count). The summed E-state index contributed by atoms with van der Waals surface area (Å²) in [7, 11) is -0.308. The topological polar surface area (TPSA) is 86.1 Å². The molecule has 3 aromatic rings. The molecular formula is C18H20N4O3S. The van der Waals surface area contributed by atoms with Crippen molar-refractivity contribution in [2.24, 2.45) is 7.05 Å². The van der Waals surface area contributed by atoms with Gasteiger partial charge in [-0.25, -0.2) is 13.1 Å². The third-order valence-electron chi connectivity index (χ3n) is 3.97. The van der Waals surface area contributed by atoms with Gasteiger partial charge in [-0.1, -0.05) is 6.07 Å². The van der Waals surface area contributed by atoms with Crippen LogP contribution in [-0.2, 0) is 23.6 Å². The number of hydrogen-bond acceptors (Lipinski definition) is 5. The molecule has 8 heteroatoms. The Hall–Kier alpha value is -2.71. The van der Waals surface area contributed by atoms with Crippen molar-refractivity contribution in [3.05, 3.63) is 59.9 Å². The van der Waals surface area contributed by atoms with Gasteiger partial charge < -0.3 is 4.74 Å². The van der Waals surface area contributed by atoms with Crippen molar-refractivity contribution in [2.75, 3.05) is 7.11 Å².